The summed E-state index contributed by atoms with van der Waals surface area (Å²) < 4.78 is 15.7. The average Bonchev–Trinajstić information content (AvgIpc) is 2.27. The second kappa shape index (κ2) is 5.61. The van der Waals surface area contributed by atoms with Crippen molar-refractivity contribution in [3.8, 4) is 5.88 Å². The van der Waals surface area contributed by atoms with Gasteiger partial charge in [-0.05, 0) is 6.92 Å². The van der Waals surface area contributed by atoms with Gasteiger partial charge < -0.3 is 13.6 Å². The topological polar surface area (TPSA) is 53.5 Å². The van der Waals surface area contributed by atoms with E-state index in [2.05, 4.69) is 9.97 Å². The minimum Gasteiger partial charge on any atom is -0.406 e. The third kappa shape index (κ3) is 3.99. The molecule has 1 rings (SSSR count). The predicted octanol–water partition coefficient (Wildman–Crippen LogP) is 2.98. The van der Waals surface area contributed by atoms with Gasteiger partial charge in [0.05, 0.1) is 0 Å². The molecule has 0 saturated heterocycles. The second-order valence-electron chi connectivity index (χ2n) is 4.82. The first-order valence-electron chi connectivity index (χ1n) is 5.47. The zero-order valence-corrected chi connectivity index (χ0v) is 13.3. The Labute approximate surface area is 113 Å². The van der Waals surface area contributed by atoms with Gasteiger partial charge in [-0.25, -0.2) is 4.98 Å². The molecule has 0 spiro atoms. The zero-order valence-electron chi connectivity index (χ0n) is 11.6. The van der Waals surface area contributed by atoms with Crippen molar-refractivity contribution < 1.29 is 13.6 Å². The third-order valence-electron chi connectivity index (χ3n) is 2.15. The Morgan fingerprint density at radius 3 is 2.17 bits per heavy atom. The van der Waals surface area contributed by atoms with Crippen LogP contribution in [0.5, 0.6) is 5.88 Å². The number of hydrogen-bond donors (Lipinski definition) is 0. The van der Waals surface area contributed by atoms with Crippen molar-refractivity contribution in [2.24, 2.45) is 0 Å². The summed E-state index contributed by atoms with van der Waals surface area (Å²) in [5.74, 6) is 1.09. The van der Waals surface area contributed by atoms with Crippen molar-refractivity contribution in [3.05, 3.63) is 17.6 Å². The number of rotatable bonds is 4. The van der Waals surface area contributed by atoms with Crippen LogP contribution in [0, 0.1) is 6.92 Å². The molecule has 1 aromatic rings. The first-order valence-corrected chi connectivity index (χ1v) is 8.03. The van der Waals surface area contributed by atoms with Gasteiger partial charge in [0.1, 0.15) is 5.82 Å². The summed E-state index contributed by atoms with van der Waals surface area (Å²) in [6.07, 6.45) is 0. The van der Waals surface area contributed by atoms with Crippen molar-refractivity contribution in [3.63, 3.8) is 0 Å². The number of hydrogen-bond acceptors (Lipinski definition) is 6. The van der Waals surface area contributed by atoms with Crippen LogP contribution in [0.4, 0.5) is 0 Å². The Kier molecular flexibility index (Phi) is 4.84. The summed E-state index contributed by atoms with van der Waals surface area (Å²) in [6.45, 7) is 5.24. The van der Waals surface area contributed by atoms with Gasteiger partial charge in [0.15, 0.2) is 0 Å². The van der Waals surface area contributed by atoms with Crippen LogP contribution in [0.2, 0.25) is 0 Å². The number of nitrogens with zero attached hydrogens (tertiary/aromatic N) is 2. The molecule has 0 aromatic carbocycles. The SMILES string of the molecule is COP(=S)(OC)Oc1cc(C)nc(C(C)(C)C)n1. The van der Waals surface area contributed by atoms with E-state index >= 15 is 0 Å². The van der Waals surface area contributed by atoms with E-state index in [0.717, 1.165) is 5.69 Å². The molecule has 0 saturated carbocycles. The lowest BCUT2D eigenvalue weighted by molar-refractivity contribution is 0.269. The van der Waals surface area contributed by atoms with E-state index in [1.54, 1.807) is 6.07 Å². The van der Waals surface area contributed by atoms with Gasteiger partial charge in [0.25, 0.3) is 0 Å². The molecule has 102 valence electrons. The van der Waals surface area contributed by atoms with Gasteiger partial charge in [0.2, 0.25) is 5.88 Å². The quantitative estimate of drug-likeness (QED) is 0.795. The molecule has 1 heterocycles. The highest BCUT2D eigenvalue weighted by molar-refractivity contribution is 8.07. The molecule has 0 bridgehead atoms. The lowest BCUT2D eigenvalue weighted by Crippen LogP contribution is -2.17. The van der Waals surface area contributed by atoms with Crippen LogP contribution in [0.3, 0.4) is 0 Å². The minimum atomic E-state index is -2.75. The van der Waals surface area contributed by atoms with Gasteiger partial charge in [-0.15, -0.1) is 0 Å². The lowest BCUT2D eigenvalue weighted by atomic mass is 9.96. The Balaban J connectivity index is 3.12. The van der Waals surface area contributed by atoms with Gasteiger partial charge in [-0.3, -0.25) is 0 Å². The first kappa shape index (κ1) is 15.5. The van der Waals surface area contributed by atoms with Crippen LogP contribution in [0.25, 0.3) is 0 Å². The average molecular weight is 290 g/mol. The molecule has 0 aliphatic heterocycles. The molecule has 0 atom stereocenters. The fraction of sp³-hybridized carbons (Fsp3) is 0.636. The van der Waals surface area contributed by atoms with Crippen molar-refractivity contribution in [1.82, 2.24) is 9.97 Å². The van der Waals surface area contributed by atoms with Gasteiger partial charge in [0, 0.05) is 43.2 Å². The van der Waals surface area contributed by atoms with Gasteiger partial charge in [-0.1, -0.05) is 20.8 Å². The van der Waals surface area contributed by atoms with Crippen molar-refractivity contribution in [2.75, 3.05) is 14.2 Å². The molecule has 18 heavy (non-hydrogen) atoms. The summed E-state index contributed by atoms with van der Waals surface area (Å²) in [6, 6.07) is 1.72. The summed E-state index contributed by atoms with van der Waals surface area (Å²) in [5.41, 5.74) is 0.658. The van der Waals surface area contributed by atoms with E-state index < -0.39 is 6.72 Å². The zero-order chi connectivity index (χ0) is 14.0. The first-order chi connectivity index (χ1) is 8.20. The summed E-state index contributed by atoms with van der Waals surface area (Å²) in [4.78, 5) is 8.75. The summed E-state index contributed by atoms with van der Waals surface area (Å²) in [5, 5.41) is 0. The van der Waals surface area contributed by atoms with E-state index in [1.165, 1.54) is 14.2 Å². The molecule has 1 aromatic heterocycles. The Bertz CT molecular complexity index is 466. The highest BCUT2D eigenvalue weighted by Gasteiger charge is 2.23. The van der Waals surface area contributed by atoms with E-state index in [4.69, 9.17) is 25.4 Å². The van der Waals surface area contributed by atoms with Gasteiger partial charge in [-0.2, -0.15) is 4.98 Å². The molecule has 0 aliphatic carbocycles. The predicted molar refractivity (Wildman–Crippen MR) is 74.4 cm³/mol. The molecule has 0 unspecified atom stereocenters. The molecule has 0 N–H and O–H groups in total. The Hall–Kier alpha value is -0.550. The molecule has 0 fully saturated rings. The van der Waals surface area contributed by atoms with E-state index in [9.17, 15) is 0 Å². The largest absolute Gasteiger partial charge is 0.406 e. The van der Waals surface area contributed by atoms with Crippen molar-refractivity contribution in [1.29, 1.82) is 0 Å². The molecular weight excluding hydrogens is 271 g/mol. The highest BCUT2D eigenvalue weighted by atomic mass is 32.5. The number of aromatic nitrogens is 2. The second-order valence-corrected chi connectivity index (χ2v) is 7.97. The summed E-state index contributed by atoms with van der Waals surface area (Å²) >= 11 is 5.15. The van der Waals surface area contributed by atoms with Crippen LogP contribution < -0.4 is 4.52 Å². The van der Waals surface area contributed by atoms with Crippen LogP contribution in [0.15, 0.2) is 6.07 Å². The van der Waals surface area contributed by atoms with Crippen LogP contribution in [0.1, 0.15) is 32.3 Å². The van der Waals surface area contributed by atoms with Crippen molar-refractivity contribution >= 4 is 18.5 Å². The molecule has 7 heteroatoms. The van der Waals surface area contributed by atoms with Crippen LogP contribution in [-0.2, 0) is 26.3 Å². The standard InChI is InChI=1S/C11H19N2O3PS/c1-8-7-9(16-17(18,14-5)15-6)13-10(12-8)11(2,3)4/h7H,1-6H3. The fourth-order valence-corrected chi connectivity index (χ4v) is 2.04. The fourth-order valence-electron chi connectivity index (χ4n) is 1.19. The molecule has 0 aliphatic rings. The smallest absolute Gasteiger partial charge is 0.381 e. The normalized spacial score (nSPS) is 12.6. The van der Waals surface area contributed by atoms with Crippen molar-refractivity contribution in [2.45, 2.75) is 33.1 Å². The van der Waals surface area contributed by atoms with E-state index in [0.29, 0.717) is 11.7 Å². The van der Waals surface area contributed by atoms with Crippen LogP contribution >= 0.6 is 6.72 Å². The number of aryl methyl sites for hydroxylation is 1. The molecule has 0 radical (unpaired) electrons. The summed E-state index contributed by atoms with van der Waals surface area (Å²) in [7, 11) is 2.92. The maximum Gasteiger partial charge on any atom is 0.381 e. The van der Waals surface area contributed by atoms with E-state index in [-0.39, 0.29) is 5.41 Å². The van der Waals surface area contributed by atoms with E-state index in [1.807, 2.05) is 27.7 Å². The maximum atomic E-state index is 5.55. The Morgan fingerprint density at radius 2 is 1.72 bits per heavy atom. The molecular formula is C11H19N2O3PS. The monoisotopic (exact) mass is 290 g/mol. The molecule has 5 nitrogen and oxygen atoms in total. The lowest BCUT2D eigenvalue weighted by Gasteiger charge is -2.21. The maximum absolute atomic E-state index is 5.55. The minimum absolute atomic E-state index is 0.160. The third-order valence-corrected chi connectivity index (χ3v) is 4.58. The molecule has 0 amide bonds. The van der Waals surface area contributed by atoms with Gasteiger partial charge >= 0.3 is 6.72 Å². The Morgan fingerprint density at radius 1 is 1.17 bits per heavy atom. The highest BCUT2D eigenvalue weighted by Crippen LogP contribution is 2.47. The van der Waals surface area contributed by atoms with Crippen LogP contribution in [-0.4, -0.2) is 24.2 Å².